The minimum atomic E-state index is -0.436. The van der Waals surface area contributed by atoms with Crippen LogP contribution in [0.4, 0.5) is 0 Å². The fraction of sp³-hybridized carbons (Fsp3) is 0.643. The molecule has 1 amide bonds. The van der Waals surface area contributed by atoms with E-state index in [9.17, 15) is 9.90 Å². The molecule has 1 aromatic rings. The number of furan rings is 1. The van der Waals surface area contributed by atoms with Crippen LogP contribution >= 0.6 is 0 Å². The molecular weight excluding hydrogens is 230 g/mol. The number of carbonyl (C=O) groups is 1. The van der Waals surface area contributed by atoms with E-state index >= 15 is 0 Å². The van der Waals surface area contributed by atoms with Crippen molar-refractivity contribution in [2.24, 2.45) is 5.92 Å². The number of aryl methyl sites for hydroxylation is 2. The lowest BCUT2D eigenvalue weighted by Crippen LogP contribution is -2.35. The van der Waals surface area contributed by atoms with Crippen molar-refractivity contribution >= 4 is 5.91 Å². The van der Waals surface area contributed by atoms with Gasteiger partial charge in [0.2, 0.25) is 0 Å². The summed E-state index contributed by atoms with van der Waals surface area (Å²) >= 11 is 0. The first kappa shape index (κ1) is 13.1. The van der Waals surface area contributed by atoms with Crippen LogP contribution in [0.2, 0.25) is 0 Å². The summed E-state index contributed by atoms with van der Waals surface area (Å²) in [5.41, 5.74) is 0.969. The Hall–Kier alpha value is -1.29. The summed E-state index contributed by atoms with van der Waals surface area (Å²) in [4.78, 5) is 11.8. The molecule has 0 saturated heterocycles. The number of nitrogens with one attached hydrogen (secondary N) is 1. The van der Waals surface area contributed by atoms with E-state index in [4.69, 9.17) is 4.42 Å². The van der Waals surface area contributed by atoms with Crippen LogP contribution in [-0.2, 0) is 0 Å². The molecule has 1 heterocycles. The topological polar surface area (TPSA) is 62.5 Å². The molecule has 4 nitrogen and oxygen atoms in total. The van der Waals surface area contributed by atoms with E-state index in [2.05, 4.69) is 5.32 Å². The van der Waals surface area contributed by atoms with Crippen LogP contribution in [0.3, 0.4) is 0 Å². The molecule has 2 N–H and O–H groups in total. The fourth-order valence-electron chi connectivity index (χ4n) is 2.48. The van der Waals surface area contributed by atoms with Gasteiger partial charge in [-0.2, -0.15) is 0 Å². The van der Waals surface area contributed by atoms with Gasteiger partial charge in [-0.1, -0.05) is 12.8 Å². The second kappa shape index (κ2) is 5.57. The number of carbonyl (C=O) groups excluding carboxylic acids is 1. The third kappa shape index (κ3) is 2.93. The van der Waals surface area contributed by atoms with Gasteiger partial charge in [0.15, 0.2) is 5.76 Å². The zero-order valence-corrected chi connectivity index (χ0v) is 11.0. The first-order valence-electron chi connectivity index (χ1n) is 6.61. The van der Waals surface area contributed by atoms with E-state index in [0.717, 1.165) is 24.2 Å². The molecule has 0 spiro atoms. The normalized spacial score (nSPS) is 17.9. The van der Waals surface area contributed by atoms with Crippen molar-refractivity contribution in [2.75, 3.05) is 6.54 Å². The molecule has 0 bridgehead atoms. The number of aliphatic hydroxyl groups excluding tert-OH is 1. The van der Waals surface area contributed by atoms with Crippen LogP contribution in [0.5, 0.6) is 0 Å². The molecule has 100 valence electrons. The van der Waals surface area contributed by atoms with E-state index in [1.54, 1.807) is 6.07 Å². The van der Waals surface area contributed by atoms with Crippen molar-refractivity contribution in [1.82, 2.24) is 5.32 Å². The smallest absolute Gasteiger partial charge is 0.287 e. The summed E-state index contributed by atoms with van der Waals surface area (Å²) in [5, 5.41) is 12.7. The second-order valence-corrected chi connectivity index (χ2v) is 5.17. The Morgan fingerprint density at radius 2 is 2.17 bits per heavy atom. The molecular formula is C14H21NO3. The van der Waals surface area contributed by atoms with Gasteiger partial charge in [-0.3, -0.25) is 4.79 Å². The zero-order chi connectivity index (χ0) is 13.1. The van der Waals surface area contributed by atoms with Crippen LogP contribution in [0, 0.1) is 19.8 Å². The molecule has 0 aromatic carbocycles. The minimum absolute atomic E-state index is 0.247. The predicted octanol–water partition coefficient (Wildman–Crippen LogP) is 2.18. The molecule has 1 saturated carbocycles. The summed E-state index contributed by atoms with van der Waals surface area (Å²) in [6, 6.07) is 1.73. The highest BCUT2D eigenvalue weighted by Crippen LogP contribution is 2.27. The van der Waals surface area contributed by atoms with Crippen molar-refractivity contribution in [3.63, 3.8) is 0 Å². The summed E-state index contributed by atoms with van der Waals surface area (Å²) in [7, 11) is 0. The van der Waals surface area contributed by atoms with Crippen LogP contribution in [-0.4, -0.2) is 23.7 Å². The molecule has 2 rings (SSSR count). The Labute approximate surface area is 107 Å². The van der Waals surface area contributed by atoms with Gasteiger partial charge >= 0.3 is 0 Å². The minimum Gasteiger partial charge on any atom is -0.456 e. The lowest BCUT2D eigenvalue weighted by molar-refractivity contribution is 0.0817. The maximum atomic E-state index is 11.8. The highest BCUT2D eigenvalue weighted by Gasteiger charge is 2.24. The zero-order valence-electron chi connectivity index (χ0n) is 11.0. The Balaban J connectivity index is 1.84. The highest BCUT2D eigenvalue weighted by molar-refractivity contribution is 5.91. The maximum Gasteiger partial charge on any atom is 0.287 e. The summed E-state index contributed by atoms with van der Waals surface area (Å²) in [6.07, 6.45) is 4.07. The van der Waals surface area contributed by atoms with Crippen molar-refractivity contribution in [2.45, 2.75) is 45.6 Å². The number of hydrogen-bond donors (Lipinski definition) is 2. The van der Waals surface area contributed by atoms with Crippen molar-refractivity contribution < 1.29 is 14.3 Å². The van der Waals surface area contributed by atoms with Gasteiger partial charge < -0.3 is 14.8 Å². The molecule has 1 aliphatic rings. The second-order valence-electron chi connectivity index (χ2n) is 5.17. The number of amides is 1. The van der Waals surface area contributed by atoms with Crippen LogP contribution in [0.1, 0.15) is 47.6 Å². The molecule has 1 unspecified atom stereocenters. The fourth-order valence-corrected chi connectivity index (χ4v) is 2.48. The van der Waals surface area contributed by atoms with E-state index < -0.39 is 6.10 Å². The Bertz CT molecular complexity index is 399. The monoisotopic (exact) mass is 251 g/mol. The highest BCUT2D eigenvalue weighted by atomic mass is 16.3. The largest absolute Gasteiger partial charge is 0.456 e. The standard InChI is InChI=1S/C14H21NO3/c1-9-7-13(18-10(9)2)14(17)15-8-12(16)11-5-3-4-6-11/h7,11-12,16H,3-6,8H2,1-2H3,(H,15,17). The van der Waals surface area contributed by atoms with Gasteiger partial charge in [0, 0.05) is 6.54 Å². The van der Waals surface area contributed by atoms with Gasteiger partial charge in [0.25, 0.3) is 5.91 Å². The maximum absolute atomic E-state index is 11.8. The third-order valence-electron chi connectivity index (χ3n) is 3.81. The Morgan fingerprint density at radius 3 is 2.72 bits per heavy atom. The Kier molecular flexibility index (Phi) is 4.07. The molecule has 0 aliphatic heterocycles. The number of rotatable bonds is 4. The average Bonchev–Trinajstić information content (AvgIpc) is 2.97. The quantitative estimate of drug-likeness (QED) is 0.862. The van der Waals surface area contributed by atoms with E-state index in [1.165, 1.54) is 12.8 Å². The molecule has 1 fully saturated rings. The van der Waals surface area contributed by atoms with Crippen LogP contribution in [0.15, 0.2) is 10.5 Å². The average molecular weight is 251 g/mol. The van der Waals surface area contributed by atoms with E-state index in [-0.39, 0.29) is 5.91 Å². The molecule has 18 heavy (non-hydrogen) atoms. The van der Waals surface area contributed by atoms with Crippen LogP contribution < -0.4 is 5.32 Å². The van der Waals surface area contributed by atoms with Gasteiger partial charge in [0.05, 0.1) is 6.10 Å². The van der Waals surface area contributed by atoms with Gasteiger partial charge in [-0.05, 0) is 44.2 Å². The van der Waals surface area contributed by atoms with Crippen LogP contribution in [0.25, 0.3) is 0 Å². The third-order valence-corrected chi connectivity index (χ3v) is 3.81. The molecule has 1 atom stereocenters. The van der Waals surface area contributed by atoms with Gasteiger partial charge in [-0.25, -0.2) is 0 Å². The van der Waals surface area contributed by atoms with Gasteiger partial charge in [-0.15, -0.1) is 0 Å². The van der Waals surface area contributed by atoms with Crippen molar-refractivity contribution in [3.8, 4) is 0 Å². The molecule has 0 radical (unpaired) electrons. The lowest BCUT2D eigenvalue weighted by Gasteiger charge is -2.17. The first-order chi connectivity index (χ1) is 8.58. The number of hydrogen-bond acceptors (Lipinski definition) is 3. The predicted molar refractivity (Wildman–Crippen MR) is 68.5 cm³/mol. The lowest BCUT2D eigenvalue weighted by atomic mass is 10.0. The van der Waals surface area contributed by atoms with Gasteiger partial charge in [0.1, 0.15) is 5.76 Å². The number of aliphatic hydroxyl groups is 1. The molecule has 4 heteroatoms. The summed E-state index contributed by atoms with van der Waals surface area (Å²) < 4.78 is 5.34. The van der Waals surface area contributed by atoms with E-state index in [1.807, 2.05) is 13.8 Å². The molecule has 1 aliphatic carbocycles. The SMILES string of the molecule is Cc1cc(C(=O)NCC(O)C2CCCC2)oc1C. The first-order valence-corrected chi connectivity index (χ1v) is 6.61. The Morgan fingerprint density at radius 1 is 1.50 bits per heavy atom. The molecule has 1 aromatic heterocycles. The van der Waals surface area contributed by atoms with Crippen molar-refractivity contribution in [3.05, 3.63) is 23.2 Å². The summed E-state index contributed by atoms with van der Waals surface area (Å²) in [6.45, 7) is 4.05. The van der Waals surface area contributed by atoms with E-state index in [0.29, 0.717) is 18.2 Å². The summed E-state index contributed by atoms with van der Waals surface area (Å²) in [5.74, 6) is 1.17. The van der Waals surface area contributed by atoms with Crippen molar-refractivity contribution in [1.29, 1.82) is 0 Å².